The number of carbonyl (C=O) groups is 1. The Hall–Kier alpha value is -0.900. The van der Waals surface area contributed by atoms with Crippen LogP contribution in [0.2, 0.25) is 0 Å². The average Bonchev–Trinajstić information content (AvgIpc) is 2.11. The molecule has 0 aliphatic rings. The lowest BCUT2D eigenvalue weighted by molar-refractivity contribution is -0.116. The van der Waals surface area contributed by atoms with Crippen LogP contribution in [-0.4, -0.2) is 26.2 Å². The smallest absolute Gasteiger partial charge is 0.147 e. The predicted molar refractivity (Wildman–Crippen MR) is 64.6 cm³/mol. The quantitative estimate of drug-likeness (QED) is 0.659. The molecule has 3 nitrogen and oxygen atoms in total. The van der Waals surface area contributed by atoms with E-state index in [0.29, 0.717) is 12.8 Å². The minimum Gasteiger partial charge on any atom is -0.300 e. The Labute approximate surface area is 92.8 Å². The van der Waals surface area contributed by atoms with Crippen LogP contribution in [0.3, 0.4) is 0 Å². The van der Waals surface area contributed by atoms with E-state index in [0.717, 1.165) is 6.42 Å². The molecule has 0 fully saturated rings. The third-order valence-electron chi connectivity index (χ3n) is 1.39. The molecule has 0 aromatic heterocycles. The SMILES string of the molecule is C=CCCC(C)=O.C=CCCS(C)(=O)=O. The molecule has 0 bridgehead atoms. The van der Waals surface area contributed by atoms with Gasteiger partial charge < -0.3 is 4.79 Å². The predicted octanol–water partition coefficient (Wildman–Crippen LogP) is 2.15. The van der Waals surface area contributed by atoms with Crippen molar-refractivity contribution in [2.45, 2.75) is 26.2 Å². The Balaban J connectivity index is 0. The summed E-state index contributed by atoms with van der Waals surface area (Å²) in [7, 11) is -2.76. The van der Waals surface area contributed by atoms with Gasteiger partial charge in [-0.3, -0.25) is 0 Å². The van der Waals surface area contributed by atoms with Crippen molar-refractivity contribution < 1.29 is 13.2 Å². The van der Waals surface area contributed by atoms with Gasteiger partial charge >= 0.3 is 0 Å². The van der Waals surface area contributed by atoms with Gasteiger partial charge in [0.05, 0.1) is 5.75 Å². The van der Waals surface area contributed by atoms with Crippen molar-refractivity contribution in [3.8, 4) is 0 Å². The van der Waals surface area contributed by atoms with Gasteiger partial charge in [0.1, 0.15) is 15.6 Å². The maximum Gasteiger partial charge on any atom is 0.147 e. The van der Waals surface area contributed by atoms with Crippen LogP contribution < -0.4 is 0 Å². The molecule has 0 aliphatic heterocycles. The Kier molecular flexibility index (Phi) is 10.6. The van der Waals surface area contributed by atoms with Crippen molar-refractivity contribution in [2.75, 3.05) is 12.0 Å². The monoisotopic (exact) mass is 232 g/mol. The molecule has 0 aliphatic carbocycles. The number of hydrogen-bond donors (Lipinski definition) is 0. The summed E-state index contributed by atoms with van der Waals surface area (Å²) in [6, 6.07) is 0. The summed E-state index contributed by atoms with van der Waals surface area (Å²) in [4.78, 5) is 10.2. The van der Waals surface area contributed by atoms with Crippen molar-refractivity contribution in [3.63, 3.8) is 0 Å². The normalized spacial score (nSPS) is 9.73. The Bertz CT molecular complexity index is 289. The molecule has 0 saturated carbocycles. The summed E-state index contributed by atoms with van der Waals surface area (Å²) in [6.45, 7) is 8.47. The summed E-state index contributed by atoms with van der Waals surface area (Å²) in [5.41, 5.74) is 0. The standard InChI is InChI=1S/C6H10O.C5H10O2S/c1-3-4-5-6(2)7;1-3-4-5-8(2,6)7/h3H,1,4-5H2,2H3;3H,1,4-5H2,2H3. The van der Waals surface area contributed by atoms with E-state index in [1.807, 2.05) is 0 Å². The van der Waals surface area contributed by atoms with Gasteiger partial charge in [0.15, 0.2) is 0 Å². The van der Waals surface area contributed by atoms with Gasteiger partial charge in [-0.1, -0.05) is 12.2 Å². The van der Waals surface area contributed by atoms with Crippen molar-refractivity contribution in [1.82, 2.24) is 0 Å². The number of carbonyl (C=O) groups excluding carboxylic acids is 1. The average molecular weight is 232 g/mol. The van der Waals surface area contributed by atoms with E-state index in [4.69, 9.17) is 0 Å². The molecule has 0 heterocycles. The van der Waals surface area contributed by atoms with Gasteiger partial charge in [-0.15, -0.1) is 13.2 Å². The van der Waals surface area contributed by atoms with Crippen LogP contribution >= 0.6 is 0 Å². The first-order valence-electron chi connectivity index (χ1n) is 4.72. The minimum absolute atomic E-state index is 0.219. The van der Waals surface area contributed by atoms with Crippen LogP contribution in [0.25, 0.3) is 0 Å². The zero-order valence-corrected chi connectivity index (χ0v) is 10.3. The van der Waals surface area contributed by atoms with Crippen molar-refractivity contribution in [1.29, 1.82) is 0 Å². The first-order chi connectivity index (χ1) is 6.83. The zero-order valence-electron chi connectivity index (χ0n) is 9.53. The first kappa shape index (κ1) is 16.5. The molecule has 0 amide bonds. The van der Waals surface area contributed by atoms with Crippen molar-refractivity contribution >= 4 is 15.6 Å². The molecule has 4 heteroatoms. The molecule has 0 rings (SSSR count). The largest absolute Gasteiger partial charge is 0.300 e. The maximum atomic E-state index is 10.3. The van der Waals surface area contributed by atoms with E-state index >= 15 is 0 Å². The molecule has 0 unspecified atom stereocenters. The summed E-state index contributed by atoms with van der Waals surface area (Å²) in [5.74, 6) is 0.455. The number of Topliss-reactive ketones (excluding diaryl/α,β-unsaturated/α-hetero) is 1. The second-order valence-corrected chi connectivity index (χ2v) is 5.50. The highest BCUT2D eigenvalue weighted by Crippen LogP contribution is 1.88. The number of rotatable bonds is 6. The highest BCUT2D eigenvalue weighted by molar-refractivity contribution is 7.90. The number of ketones is 1. The summed E-state index contributed by atoms with van der Waals surface area (Å²) >= 11 is 0. The molecule has 0 spiro atoms. The van der Waals surface area contributed by atoms with Gasteiger partial charge in [-0.25, -0.2) is 8.42 Å². The van der Waals surface area contributed by atoms with Crippen LogP contribution in [0.4, 0.5) is 0 Å². The first-order valence-corrected chi connectivity index (χ1v) is 6.78. The molecule has 0 aromatic carbocycles. The van der Waals surface area contributed by atoms with Crippen LogP contribution in [0.5, 0.6) is 0 Å². The number of allylic oxidation sites excluding steroid dienone is 2. The van der Waals surface area contributed by atoms with Gasteiger partial charge in [-0.2, -0.15) is 0 Å². The molecule has 0 radical (unpaired) electrons. The van der Waals surface area contributed by atoms with Gasteiger partial charge in [-0.05, 0) is 19.8 Å². The molecule has 88 valence electrons. The fourth-order valence-corrected chi connectivity index (χ4v) is 1.20. The van der Waals surface area contributed by atoms with Crippen LogP contribution in [0, 0.1) is 0 Å². The van der Waals surface area contributed by atoms with E-state index < -0.39 is 9.84 Å². The van der Waals surface area contributed by atoms with E-state index in [9.17, 15) is 13.2 Å². The molecular formula is C11H20O3S. The molecule has 0 N–H and O–H groups in total. The van der Waals surface area contributed by atoms with E-state index in [2.05, 4.69) is 13.2 Å². The van der Waals surface area contributed by atoms with Crippen LogP contribution in [0.15, 0.2) is 25.3 Å². The molecule has 0 saturated heterocycles. The van der Waals surface area contributed by atoms with Gasteiger partial charge in [0.2, 0.25) is 0 Å². The number of sulfone groups is 1. The summed E-state index contributed by atoms with van der Waals surface area (Å²) in [5, 5.41) is 0. The third-order valence-corrected chi connectivity index (χ3v) is 2.37. The van der Waals surface area contributed by atoms with Crippen LogP contribution in [0.1, 0.15) is 26.2 Å². The van der Waals surface area contributed by atoms with E-state index in [1.165, 1.54) is 6.26 Å². The van der Waals surface area contributed by atoms with Crippen LogP contribution in [-0.2, 0) is 14.6 Å². The number of hydrogen-bond acceptors (Lipinski definition) is 3. The van der Waals surface area contributed by atoms with Gasteiger partial charge in [0, 0.05) is 12.7 Å². The minimum atomic E-state index is -2.76. The van der Waals surface area contributed by atoms with Crippen molar-refractivity contribution in [2.24, 2.45) is 0 Å². The summed E-state index contributed by atoms with van der Waals surface area (Å²) in [6.07, 6.45) is 6.58. The molecule has 0 aromatic rings. The lowest BCUT2D eigenvalue weighted by Crippen LogP contribution is -2.00. The highest BCUT2D eigenvalue weighted by Gasteiger charge is 1.96. The second-order valence-electron chi connectivity index (χ2n) is 3.24. The van der Waals surface area contributed by atoms with E-state index in [1.54, 1.807) is 19.1 Å². The lowest BCUT2D eigenvalue weighted by atomic mass is 10.2. The fraction of sp³-hybridized carbons (Fsp3) is 0.545. The maximum absolute atomic E-state index is 10.3. The Morgan fingerprint density at radius 1 is 1.20 bits per heavy atom. The zero-order chi connectivity index (χ0) is 12.3. The Morgan fingerprint density at radius 2 is 1.67 bits per heavy atom. The highest BCUT2D eigenvalue weighted by atomic mass is 32.2. The molecular weight excluding hydrogens is 212 g/mol. The topological polar surface area (TPSA) is 51.2 Å². The van der Waals surface area contributed by atoms with Gasteiger partial charge in [0.25, 0.3) is 0 Å². The van der Waals surface area contributed by atoms with Crippen molar-refractivity contribution in [3.05, 3.63) is 25.3 Å². The molecule has 0 atom stereocenters. The second kappa shape index (κ2) is 9.65. The Morgan fingerprint density at radius 3 is 1.80 bits per heavy atom. The lowest BCUT2D eigenvalue weighted by Gasteiger charge is -1.88. The van der Waals surface area contributed by atoms with E-state index in [-0.39, 0.29) is 11.5 Å². The summed E-state index contributed by atoms with van der Waals surface area (Å²) < 4.78 is 20.7. The fourth-order valence-electron chi connectivity index (χ4n) is 0.603. The third kappa shape index (κ3) is 24.6. The molecule has 15 heavy (non-hydrogen) atoms.